The summed E-state index contributed by atoms with van der Waals surface area (Å²) in [6, 6.07) is 7.82. The molecule has 0 aliphatic rings. The van der Waals surface area contributed by atoms with E-state index in [-0.39, 0.29) is 17.4 Å². The standard InChI is InChI=1S/C15H18FN3O/c1-3-17-14(12-6-4-5-7-13(12)16)9-19-10-18-11(2)8-15(19)20/h4-8,10,14,17H,3,9H2,1-2H3. The van der Waals surface area contributed by atoms with Crippen LogP contribution in [0, 0.1) is 12.7 Å². The van der Waals surface area contributed by atoms with Gasteiger partial charge < -0.3 is 5.32 Å². The average Bonchev–Trinajstić information content (AvgIpc) is 2.42. The van der Waals surface area contributed by atoms with E-state index >= 15 is 0 Å². The molecule has 0 saturated heterocycles. The van der Waals surface area contributed by atoms with Crippen molar-refractivity contribution in [2.75, 3.05) is 6.54 Å². The van der Waals surface area contributed by atoms with Gasteiger partial charge in [-0.25, -0.2) is 9.37 Å². The largest absolute Gasteiger partial charge is 0.309 e. The second-order valence-electron chi connectivity index (χ2n) is 4.65. The van der Waals surface area contributed by atoms with Gasteiger partial charge in [0.25, 0.3) is 5.56 Å². The van der Waals surface area contributed by atoms with Crippen molar-refractivity contribution < 1.29 is 4.39 Å². The molecule has 0 spiro atoms. The van der Waals surface area contributed by atoms with Crippen molar-refractivity contribution in [2.45, 2.75) is 26.4 Å². The first-order valence-electron chi connectivity index (χ1n) is 6.62. The topological polar surface area (TPSA) is 46.9 Å². The smallest absolute Gasteiger partial charge is 0.253 e. The normalized spacial score (nSPS) is 12.3. The summed E-state index contributed by atoms with van der Waals surface area (Å²) in [7, 11) is 0. The molecule has 0 saturated carbocycles. The predicted octanol–water partition coefficient (Wildman–Crippen LogP) is 2.04. The van der Waals surface area contributed by atoms with Crippen molar-refractivity contribution in [3.05, 3.63) is 64.1 Å². The van der Waals surface area contributed by atoms with Gasteiger partial charge in [-0.05, 0) is 19.5 Å². The van der Waals surface area contributed by atoms with Gasteiger partial charge in [-0.15, -0.1) is 0 Å². The maximum absolute atomic E-state index is 13.9. The highest BCUT2D eigenvalue weighted by Crippen LogP contribution is 2.18. The van der Waals surface area contributed by atoms with Gasteiger partial charge in [-0.2, -0.15) is 0 Å². The molecule has 4 nitrogen and oxygen atoms in total. The molecule has 5 heteroatoms. The van der Waals surface area contributed by atoms with Crippen LogP contribution in [0.2, 0.25) is 0 Å². The molecule has 0 radical (unpaired) electrons. The van der Waals surface area contributed by atoms with Crippen molar-refractivity contribution in [1.29, 1.82) is 0 Å². The highest BCUT2D eigenvalue weighted by atomic mass is 19.1. The molecular formula is C15H18FN3O. The summed E-state index contributed by atoms with van der Waals surface area (Å²) in [4.78, 5) is 16.0. The zero-order valence-electron chi connectivity index (χ0n) is 11.6. The minimum absolute atomic E-state index is 0.128. The molecule has 1 aromatic carbocycles. The molecule has 0 fully saturated rings. The molecule has 2 aromatic rings. The molecular weight excluding hydrogens is 257 g/mol. The molecule has 1 aromatic heterocycles. The van der Waals surface area contributed by atoms with Crippen LogP contribution >= 0.6 is 0 Å². The maximum atomic E-state index is 13.9. The number of halogens is 1. The van der Waals surface area contributed by atoms with Crippen LogP contribution in [-0.4, -0.2) is 16.1 Å². The number of benzene rings is 1. The first-order valence-corrected chi connectivity index (χ1v) is 6.62. The fraction of sp³-hybridized carbons (Fsp3) is 0.333. The van der Waals surface area contributed by atoms with E-state index in [9.17, 15) is 9.18 Å². The molecule has 0 amide bonds. The van der Waals surface area contributed by atoms with Crippen LogP contribution < -0.4 is 10.9 Å². The van der Waals surface area contributed by atoms with E-state index in [1.54, 1.807) is 25.1 Å². The molecule has 1 N–H and O–H groups in total. The molecule has 0 aliphatic carbocycles. The fourth-order valence-electron chi connectivity index (χ4n) is 2.13. The molecule has 106 valence electrons. The van der Waals surface area contributed by atoms with E-state index in [1.165, 1.54) is 23.0 Å². The number of nitrogens with one attached hydrogen (secondary N) is 1. The van der Waals surface area contributed by atoms with Crippen LogP contribution in [0.25, 0.3) is 0 Å². The van der Waals surface area contributed by atoms with E-state index in [0.29, 0.717) is 24.3 Å². The molecule has 0 bridgehead atoms. The molecule has 0 aliphatic heterocycles. The minimum atomic E-state index is -0.272. The first kappa shape index (κ1) is 14.4. The first-order chi connectivity index (χ1) is 9.61. The summed E-state index contributed by atoms with van der Waals surface area (Å²) in [6.07, 6.45) is 1.50. The molecule has 2 rings (SSSR count). The Morgan fingerprint density at radius 3 is 2.80 bits per heavy atom. The second-order valence-corrected chi connectivity index (χ2v) is 4.65. The summed E-state index contributed by atoms with van der Waals surface area (Å²) in [6.45, 7) is 4.75. The van der Waals surface area contributed by atoms with Gasteiger partial charge in [0.2, 0.25) is 0 Å². The van der Waals surface area contributed by atoms with Gasteiger partial charge in [-0.3, -0.25) is 9.36 Å². The lowest BCUT2D eigenvalue weighted by atomic mass is 10.1. The zero-order valence-corrected chi connectivity index (χ0v) is 11.6. The Labute approximate surface area is 117 Å². The lowest BCUT2D eigenvalue weighted by molar-refractivity contribution is 0.444. The molecule has 1 atom stereocenters. The van der Waals surface area contributed by atoms with E-state index in [2.05, 4.69) is 10.3 Å². The lowest BCUT2D eigenvalue weighted by Gasteiger charge is -2.20. The van der Waals surface area contributed by atoms with Gasteiger partial charge in [0, 0.05) is 23.9 Å². The highest BCUT2D eigenvalue weighted by molar-refractivity contribution is 5.21. The van der Waals surface area contributed by atoms with Crippen molar-refractivity contribution >= 4 is 0 Å². The Hall–Kier alpha value is -2.01. The van der Waals surface area contributed by atoms with Gasteiger partial charge in [0.1, 0.15) is 5.82 Å². The van der Waals surface area contributed by atoms with Gasteiger partial charge in [0.05, 0.1) is 12.4 Å². The van der Waals surface area contributed by atoms with Crippen LogP contribution in [0.3, 0.4) is 0 Å². The average molecular weight is 275 g/mol. The van der Waals surface area contributed by atoms with Crippen molar-refractivity contribution in [2.24, 2.45) is 0 Å². The van der Waals surface area contributed by atoms with Crippen LogP contribution in [0.4, 0.5) is 4.39 Å². The third kappa shape index (κ3) is 3.30. The number of aromatic nitrogens is 2. The van der Waals surface area contributed by atoms with Crippen LogP contribution in [0.5, 0.6) is 0 Å². The van der Waals surface area contributed by atoms with Crippen LogP contribution in [0.1, 0.15) is 24.2 Å². The van der Waals surface area contributed by atoms with E-state index in [4.69, 9.17) is 0 Å². The Kier molecular flexibility index (Phi) is 4.63. The Morgan fingerprint density at radius 2 is 2.15 bits per heavy atom. The highest BCUT2D eigenvalue weighted by Gasteiger charge is 2.15. The molecule has 1 heterocycles. The predicted molar refractivity (Wildman–Crippen MR) is 76.1 cm³/mol. The van der Waals surface area contributed by atoms with Crippen molar-refractivity contribution in [1.82, 2.24) is 14.9 Å². The van der Waals surface area contributed by atoms with Gasteiger partial charge in [-0.1, -0.05) is 25.1 Å². The lowest BCUT2D eigenvalue weighted by Crippen LogP contribution is -2.31. The van der Waals surface area contributed by atoms with Gasteiger partial charge >= 0.3 is 0 Å². The summed E-state index contributed by atoms with van der Waals surface area (Å²) < 4.78 is 15.4. The van der Waals surface area contributed by atoms with Crippen molar-refractivity contribution in [3.63, 3.8) is 0 Å². The summed E-state index contributed by atoms with van der Waals surface area (Å²) in [5, 5.41) is 3.20. The SMILES string of the molecule is CCNC(Cn1cnc(C)cc1=O)c1ccccc1F. The van der Waals surface area contributed by atoms with Crippen LogP contribution in [0.15, 0.2) is 41.5 Å². The number of likely N-dealkylation sites (N-methyl/N-ethyl adjacent to an activating group) is 1. The number of aryl methyl sites for hydroxylation is 1. The van der Waals surface area contributed by atoms with Crippen molar-refractivity contribution in [3.8, 4) is 0 Å². The summed E-state index contributed by atoms with van der Waals surface area (Å²) in [5.41, 5.74) is 1.11. The van der Waals surface area contributed by atoms with Gasteiger partial charge in [0.15, 0.2) is 0 Å². The van der Waals surface area contributed by atoms with E-state index < -0.39 is 0 Å². The summed E-state index contributed by atoms with van der Waals surface area (Å²) >= 11 is 0. The fourth-order valence-corrected chi connectivity index (χ4v) is 2.13. The third-order valence-electron chi connectivity index (χ3n) is 3.13. The van der Waals surface area contributed by atoms with Crippen LogP contribution in [-0.2, 0) is 6.54 Å². The Morgan fingerprint density at radius 1 is 1.40 bits per heavy atom. The molecule has 1 unspecified atom stereocenters. The summed E-state index contributed by atoms with van der Waals surface area (Å²) in [5.74, 6) is -0.272. The quantitative estimate of drug-likeness (QED) is 0.908. The maximum Gasteiger partial charge on any atom is 0.253 e. The monoisotopic (exact) mass is 275 g/mol. The zero-order chi connectivity index (χ0) is 14.5. The second kappa shape index (κ2) is 6.43. The van der Waals surface area contributed by atoms with E-state index in [0.717, 1.165) is 0 Å². The minimum Gasteiger partial charge on any atom is -0.309 e. The number of nitrogens with zero attached hydrogens (tertiary/aromatic N) is 2. The number of rotatable bonds is 5. The Balaban J connectivity index is 2.30. The van der Waals surface area contributed by atoms with E-state index in [1.807, 2.05) is 6.92 Å². The third-order valence-corrected chi connectivity index (χ3v) is 3.13. The molecule has 20 heavy (non-hydrogen) atoms. The Bertz CT molecular complexity index is 639. The number of hydrogen-bond acceptors (Lipinski definition) is 3. The number of hydrogen-bond donors (Lipinski definition) is 1.